The normalized spacial score (nSPS) is 11.2. The largest absolute Gasteiger partial charge is 0.490 e. The Morgan fingerprint density at radius 3 is 2.77 bits per heavy atom. The summed E-state index contributed by atoms with van der Waals surface area (Å²) in [6, 6.07) is 16.6. The number of carboxylic acid groups (broad SMARTS) is 1. The summed E-state index contributed by atoms with van der Waals surface area (Å²) in [5.41, 5.74) is 3.56. The maximum Gasteiger partial charge on any atom is 0.354 e. The van der Waals surface area contributed by atoms with Crippen LogP contribution < -0.4 is 4.74 Å². The number of rotatable bonds is 5. The number of hydrogen-bond donors (Lipinski definition) is 1. The number of pyridine rings is 1. The zero-order chi connectivity index (χ0) is 20.7. The topological polar surface area (TPSA) is 85.5 Å². The summed E-state index contributed by atoms with van der Waals surface area (Å²) in [4.78, 5) is 20.2. The van der Waals surface area contributed by atoms with Gasteiger partial charge in [0.15, 0.2) is 11.3 Å². The Morgan fingerprint density at radius 2 is 1.93 bits per heavy atom. The minimum absolute atomic E-state index is 0.00802. The van der Waals surface area contributed by atoms with Crippen molar-refractivity contribution in [3.63, 3.8) is 0 Å². The predicted octanol–water partition coefficient (Wildman–Crippen LogP) is 5.87. The minimum atomic E-state index is -1.06. The van der Waals surface area contributed by atoms with E-state index >= 15 is 0 Å². The van der Waals surface area contributed by atoms with Gasteiger partial charge in [-0.2, -0.15) is 0 Å². The summed E-state index contributed by atoms with van der Waals surface area (Å²) in [6.45, 7) is 2.48. The van der Waals surface area contributed by atoms with Gasteiger partial charge < -0.3 is 14.3 Å². The molecule has 3 aromatic heterocycles. The summed E-state index contributed by atoms with van der Waals surface area (Å²) in [7, 11) is 0. The zero-order valence-electron chi connectivity index (χ0n) is 16.0. The molecule has 0 aliphatic heterocycles. The molecule has 0 aliphatic carbocycles. The molecule has 6 nitrogen and oxygen atoms in total. The van der Waals surface area contributed by atoms with Gasteiger partial charge in [-0.15, -0.1) is 11.3 Å². The summed E-state index contributed by atoms with van der Waals surface area (Å²) < 4.78 is 11.9. The lowest BCUT2D eigenvalue weighted by molar-refractivity contribution is 0.0690. The molecule has 2 aromatic carbocycles. The minimum Gasteiger partial charge on any atom is -0.490 e. The molecule has 0 saturated carbocycles. The number of carboxylic acids is 1. The average molecular weight is 416 g/mol. The van der Waals surface area contributed by atoms with Crippen molar-refractivity contribution < 1.29 is 19.1 Å². The van der Waals surface area contributed by atoms with E-state index in [1.165, 1.54) is 17.4 Å². The van der Waals surface area contributed by atoms with Gasteiger partial charge in [-0.1, -0.05) is 24.3 Å². The van der Waals surface area contributed by atoms with Gasteiger partial charge >= 0.3 is 5.97 Å². The van der Waals surface area contributed by atoms with Crippen molar-refractivity contribution in [1.82, 2.24) is 9.97 Å². The summed E-state index contributed by atoms with van der Waals surface area (Å²) in [5.74, 6) is -0.370. The molecule has 148 valence electrons. The fourth-order valence-corrected chi connectivity index (χ4v) is 4.31. The van der Waals surface area contributed by atoms with Crippen molar-refractivity contribution in [2.24, 2.45) is 0 Å². The van der Waals surface area contributed by atoms with E-state index in [4.69, 9.17) is 14.1 Å². The summed E-state index contributed by atoms with van der Waals surface area (Å²) in [6.07, 6.45) is 0. The van der Waals surface area contributed by atoms with Crippen LogP contribution in [0.25, 0.3) is 43.9 Å². The Morgan fingerprint density at radius 1 is 1.07 bits per heavy atom. The van der Waals surface area contributed by atoms with Crippen molar-refractivity contribution in [2.75, 3.05) is 6.61 Å². The highest BCUT2D eigenvalue weighted by atomic mass is 32.1. The molecule has 0 fully saturated rings. The van der Waals surface area contributed by atoms with Crippen LogP contribution in [0, 0.1) is 0 Å². The smallest absolute Gasteiger partial charge is 0.354 e. The Kier molecular flexibility index (Phi) is 4.44. The van der Waals surface area contributed by atoms with Crippen LogP contribution in [0.3, 0.4) is 0 Å². The standard InChI is InChI=1S/C23H16N2O4S/c1-2-28-19-11-10-14(20-13-6-3-4-9-18(13)29-21(19)20)22-25-17(12-30-22)15-7-5-8-16(24-15)23(26)27/h3-12H,2H2,1H3,(H,26,27). The summed E-state index contributed by atoms with van der Waals surface area (Å²) >= 11 is 1.48. The van der Waals surface area contributed by atoms with Crippen LogP contribution in [0.2, 0.25) is 0 Å². The van der Waals surface area contributed by atoms with Crippen LogP contribution in [0.4, 0.5) is 0 Å². The van der Waals surface area contributed by atoms with E-state index in [1.807, 2.05) is 48.7 Å². The molecule has 0 spiro atoms. The first-order chi connectivity index (χ1) is 14.7. The van der Waals surface area contributed by atoms with Crippen LogP contribution >= 0.6 is 11.3 Å². The Bertz CT molecular complexity index is 1400. The number of ether oxygens (including phenoxy) is 1. The number of para-hydroxylation sites is 1. The third-order valence-corrected chi connectivity index (χ3v) is 5.63. The maximum absolute atomic E-state index is 11.2. The van der Waals surface area contributed by atoms with E-state index in [0.29, 0.717) is 29.3 Å². The SMILES string of the molecule is CCOc1ccc(-c2nc(-c3cccc(C(=O)O)n3)cs2)c2c1oc1ccccc12. The Hall–Kier alpha value is -3.71. The maximum atomic E-state index is 11.2. The number of thiazole rings is 1. The van der Waals surface area contributed by atoms with Crippen LogP contribution in [0.1, 0.15) is 17.4 Å². The number of hydrogen-bond acceptors (Lipinski definition) is 6. The lowest BCUT2D eigenvalue weighted by Crippen LogP contribution is -2.00. The van der Waals surface area contributed by atoms with Crippen molar-refractivity contribution in [3.8, 4) is 27.7 Å². The van der Waals surface area contributed by atoms with Crippen molar-refractivity contribution in [1.29, 1.82) is 0 Å². The first kappa shape index (κ1) is 18.3. The molecule has 0 amide bonds. The third-order valence-electron chi connectivity index (χ3n) is 4.76. The fraction of sp³-hybridized carbons (Fsp3) is 0.0870. The zero-order valence-corrected chi connectivity index (χ0v) is 16.8. The van der Waals surface area contributed by atoms with E-state index < -0.39 is 5.97 Å². The van der Waals surface area contributed by atoms with Gasteiger partial charge in [-0.25, -0.2) is 14.8 Å². The van der Waals surface area contributed by atoms with Gasteiger partial charge in [-0.3, -0.25) is 0 Å². The molecule has 0 unspecified atom stereocenters. The van der Waals surface area contributed by atoms with Crippen LogP contribution in [-0.2, 0) is 0 Å². The Balaban J connectivity index is 1.68. The fourth-order valence-electron chi connectivity index (χ4n) is 3.46. The number of aromatic nitrogens is 2. The molecule has 5 rings (SSSR count). The number of aromatic carboxylic acids is 1. The highest BCUT2D eigenvalue weighted by molar-refractivity contribution is 7.13. The molecular formula is C23H16N2O4S. The first-order valence-corrected chi connectivity index (χ1v) is 10.3. The van der Waals surface area contributed by atoms with Crippen LogP contribution in [-0.4, -0.2) is 27.7 Å². The Labute approximate surface area is 175 Å². The van der Waals surface area contributed by atoms with Gasteiger partial charge in [0.1, 0.15) is 22.0 Å². The van der Waals surface area contributed by atoms with E-state index in [1.54, 1.807) is 12.1 Å². The summed E-state index contributed by atoms with van der Waals surface area (Å²) in [5, 5.41) is 13.8. The van der Waals surface area contributed by atoms with E-state index in [9.17, 15) is 9.90 Å². The number of fused-ring (bicyclic) bond motifs is 3. The van der Waals surface area contributed by atoms with Crippen molar-refractivity contribution in [2.45, 2.75) is 6.92 Å². The second-order valence-corrected chi connectivity index (χ2v) is 7.46. The monoisotopic (exact) mass is 416 g/mol. The number of carbonyl (C=O) groups is 1. The van der Waals surface area contributed by atoms with E-state index in [-0.39, 0.29) is 5.69 Å². The molecule has 0 saturated heterocycles. The molecule has 0 aliphatic rings. The van der Waals surface area contributed by atoms with Crippen molar-refractivity contribution >= 4 is 39.2 Å². The lowest BCUT2D eigenvalue weighted by Gasteiger charge is -2.06. The highest BCUT2D eigenvalue weighted by Gasteiger charge is 2.19. The molecule has 3 heterocycles. The van der Waals surface area contributed by atoms with Gasteiger partial charge in [0, 0.05) is 21.7 Å². The molecule has 5 aromatic rings. The number of furan rings is 1. The predicted molar refractivity (Wildman–Crippen MR) is 116 cm³/mol. The van der Waals surface area contributed by atoms with Crippen molar-refractivity contribution in [3.05, 3.63) is 65.7 Å². The molecule has 7 heteroatoms. The molecule has 0 bridgehead atoms. The third kappa shape index (κ3) is 3.00. The number of nitrogens with zero attached hydrogens (tertiary/aromatic N) is 2. The second-order valence-electron chi connectivity index (χ2n) is 6.60. The van der Waals surface area contributed by atoms with Crippen LogP contribution in [0.5, 0.6) is 5.75 Å². The van der Waals surface area contributed by atoms with Gasteiger partial charge in [0.25, 0.3) is 0 Å². The average Bonchev–Trinajstić information content (AvgIpc) is 3.40. The molecule has 1 N–H and O–H groups in total. The molecular weight excluding hydrogens is 400 g/mol. The quantitative estimate of drug-likeness (QED) is 0.386. The lowest BCUT2D eigenvalue weighted by atomic mass is 10.1. The van der Waals surface area contributed by atoms with E-state index in [2.05, 4.69) is 4.98 Å². The molecule has 30 heavy (non-hydrogen) atoms. The van der Waals surface area contributed by atoms with Gasteiger partial charge in [0.05, 0.1) is 12.3 Å². The van der Waals surface area contributed by atoms with Gasteiger partial charge in [0.2, 0.25) is 0 Å². The van der Waals surface area contributed by atoms with Crippen LogP contribution in [0.15, 0.2) is 64.4 Å². The second kappa shape index (κ2) is 7.27. The highest BCUT2D eigenvalue weighted by Crippen LogP contribution is 2.42. The number of benzene rings is 2. The van der Waals surface area contributed by atoms with Gasteiger partial charge in [-0.05, 0) is 37.3 Å². The first-order valence-electron chi connectivity index (χ1n) is 9.39. The molecule has 0 radical (unpaired) electrons. The molecule has 0 atom stereocenters. The van der Waals surface area contributed by atoms with E-state index in [0.717, 1.165) is 26.9 Å².